The van der Waals surface area contributed by atoms with Gasteiger partial charge in [-0.15, -0.1) is 0 Å². The van der Waals surface area contributed by atoms with Gasteiger partial charge in [-0.1, -0.05) is 60.7 Å². The maximum atomic E-state index is 13.3. The van der Waals surface area contributed by atoms with Gasteiger partial charge in [-0.2, -0.15) is 0 Å². The molecule has 4 saturated heterocycles. The van der Waals surface area contributed by atoms with Gasteiger partial charge < -0.3 is 29.2 Å². The van der Waals surface area contributed by atoms with Gasteiger partial charge >= 0.3 is 12.1 Å². The SMILES string of the molecule is C[C@H](c1ccccc1)N1CC23CC2OC[C@@]3(NC(=O)OC(C)(C)C)C1.C[C@H](c1ccccc1)N1C[C@]2(C(=O)OC(C)(C)C)COC3CC32C1=O. The van der Waals surface area contributed by atoms with Crippen LogP contribution in [0.2, 0.25) is 0 Å². The second-order valence-corrected chi connectivity index (χ2v) is 17.4. The van der Waals surface area contributed by atoms with Crippen LogP contribution in [0.4, 0.5) is 4.79 Å². The monoisotopic (exact) mass is 687 g/mol. The van der Waals surface area contributed by atoms with E-state index in [9.17, 15) is 14.4 Å². The van der Waals surface area contributed by atoms with Gasteiger partial charge in [0, 0.05) is 31.1 Å². The first kappa shape index (κ1) is 35.0. The highest BCUT2D eigenvalue weighted by molar-refractivity contribution is 5.99. The van der Waals surface area contributed by atoms with Crippen molar-refractivity contribution >= 4 is 18.0 Å². The number of amides is 2. The lowest BCUT2D eigenvalue weighted by molar-refractivity contribution is -0.171. The fourth-order valence-corrected chi connectivity index (χ4v) is 9.03. The Bertz CT molecular complexity index is 1640. The van der Waals surface area contributed by atoms with Crippen LogP contribution in [-0.2, 0) is 28.5 Å². The number of esters is 1. The van der Waals surface area contributed by atoms with E-state index in [1.807, 2.05) is 89.8 Å². The third-order valence-corrected chi connectivity index (χ3v) is 11.9. The molecule has 2 aromatic carbocycles. The second-order valence-electron chi connectivity index (χ2n) is 17.4. The van der Waals surface area contributed by atoms with Gasteiger partial charge in [-0.3, -0.25) is 14.5 Å². The number of alkyl carbamates (subject to hydrolysis) is 1. The molecule has 2 saturated carbocycles. The lowest BCUT2D eigenvalue weighted by Crippen LogP contribution is -2.57. The predicted molar refractivity (Wildman–Crippen MR) is 187 cm³/mol. The van der Waals surface area contributed by atoms with Crippen LogP contribution in [-0.4, -0.2) is 89.6 Å². The van der Waals surface area contributed by atoms with Crippen molar-refractivity contribution in [1.29, 1.82) is 0 Å². The number of nitrogens with zero attached hydrogens (tertiary/aromatic N) is 2. The van der Waals surface area contributed by atoms with E-state index in [2.05, 4.69) is 41.4 Å². The Labute approximate surface area is 296 Å². The first-order valence-corrected chi connectivity index (χ1v) is 18.1. The number of rotatable bonds is 6. The van der Waals surface area contributed by atoms with Crippen LogP contribution in [0, 0.1) is 16.2 Å². The molecule has 10 heteroatoms. The first-order chi connectivity index (χ1) is 23.5. The lowest BCUT2D eigenvalue weighted by atomic mass is 9.76. The molecule has 4 aliphatic heterocycles. The average molecular weight is 688 g/mol. The largest absolute Gasteiger partial charge is 0.459 e. The molecule has 0 bridgehead atoms. The zero-order valence-corrected chi connectivity index (χ0v) is 30.8. The van der Waals surface area contributed by atoms with E-state index >= 15 is 0 Å². The Morgan fingerprint density at radius 1 is 0.780 bits per heavy atom. The maximum Gasteiger partial charge on any atom is 0.408 e. The molecule has 270 valence electrons. The molecular weight excluding hydrogens is 634 g/mol. The first-order valence-electron chi connectivity index (χ1n) is 18.1. The molecule has 0 radical (unpaired) electrons. The van der Waals surface area contributed by atoms with E-state index in [1.54, 1.807) is 0 Å². The van der Waals surface area contributed by atoms with Crippen molar-refractivity contribution in [3.63, 3.8) is 0 Å². The summed E-state index contributed by atoms with van der Waals surface area (Å²) in [6.45, 7) is 18.5. The van der Waals surface area contributed by atoms with E-state index in [1.165, 1.54) is 5.56 Å². The van der Waals surface area contributed by atoms with Crippen molar-refractivity contribution in [3.8, 4) is 0 Å². The number of nitrogens with one attached hydrogen (secondary N) is 1. The Balaban J connectivity index is 0.000000157. The summed E-state index contributed by atoms with van der Waals surface area (Å²) >= 11 is 0. The highest BCUT2D eigenvalue weighted by atomic mass is 16.6. The molecule has 2 spiro atoms. The smallest absolute Gasteiger partial charge is 0.408 e. The Kier molecular flexibility index (Phi) is 8.24. The summed E-state index contributed by atoms with van der Waals surface area (Å²) in [6.07, 6.45) is 1.46. The number of carbonyl (C=O) groups is 3. The maximum absolute atomic E-state index is 13.3. The Morgan fingerprint density at radius 2 is 1.36 bits per heavy atom. The quantitative estimate of drug-likeness (QED) is 0.379. The fraction of sp³-hybridized carbons (Fsp3) is 0.625. The van der Waals surface area contributed by atoms with Crippen LogP contribution < -0.4 is 5.32 Å². The van der Waals surface area contributed by atoms with Gasteiger partial charge in [-0.25, -0.2) is 4.79 Å². The third kappa shape index (κ3) is 5.62. The van der Waals surface area contributed by atoms with Gasteiger partial charge in [0.2, 0.25) is 5.91 Å². The topological polar surface area (TPSA) is 107 Å². The molecule has 8 rings (SSSR count). The number of likely N-dealkylation sites (tertiary alicyclic amines) is 2. The molecular formula is C40H53N3O7. The van der Waals surface area contributed by atoms with E-state index in [0.717, 1.165) is 25.1 Å². The minimum atomic E-state index is -0.870. The second kappa shape index (κ2) is 11.8. The van der Waals surface area contributed by atoms with Crippen LogP contribution in [0.3, 0.4) is 0 Å². The summed E-state index contributed by atoms with van der Waals surface area (Å²) in [7, 11) is 0. The van der Waals surface area contributed by atoms with Crippen LogP contribution >= 0.6 is 0 Å². The molecule has 4 unspecified atom stereocenters. The average Bonchev–Trinajstić information content (AvgIpc) is 3.81. The fourth-order valence-electron chi connectivity index (χ4n) is 9.03. The minimum absolute atomic E-state index is 0.0391. The van der Waals surface area contributed by atoms with Gasteiger partial charge in [-0.05, 0) is 79.4 Å². The zero-order chi connectivity index (χ0) is 35.9. The summed E-state index contributed by atoms with van der Waals surface area (Å²) in [5, 5.41) is 3.20. The van der Waals surface area contributed by atoms with Gasteiger partial charge in [0.15, 0.2) is 0 Å². The summed E-state index contributed by atoms with van der Waals surface area (Å²) in [5.74, 6) is -0.256. The van der Waals surface area contributed by atoms with Gasteiger partial charge in [0.25, 0.3) is 0 Å². The summed E-state index contributed by atoms with van der Waals surface area (Å²) in [6, 6.07) is 20.7. The standard InChI is InChI=1S/C20H28N2O3.C20H25NO4/c1-14(15-8-6-5-7-9-15)22-11-19-10-16(19)24-13-20(19,12-22)21-17(23)25-18(2,3)4;1-13(14-8-6-5-7-9-14)21-11-19(17(23)25-18(2,3)4)12-24-15-10-20(15,19)16(21)22/h5-9,14,16H,10-13H2,1-4H3,(H,21,23);5-9,13,15H,10-12H2,1-4H3/t14-,16?,19?,20+;13-,15?,19-,20?/m11/s1. The van der Waals surface area contributed by atoms with Crippen LogP contribution in [0.5, 0.6) is 0 Å². The highest BCUT2D eigenvalue weighted by Crippen LogP contribution is 2.70. The van der Waals surface area contributed by atoms with Crippen molar-refractivity contribution in [2.45, 2.75) is 109 Å². The van der Waals surface area contributed by atoms with Crippen molar-refractivity contribution < 1.29 is 33.3 Å². The van der Waals surface area contributed by atoms with E-state index < -0.39 is 22.0 Å². The number of hydrogen-bond acceptors (Lipinski definition) is 8. The van der Waals surface area contributed by atoms with Crippen LogP contribution in [0.25, 0.3) is 0 Å². The molecule has 2 aliphatic carbocycles. The minimum Gasteiger partial charge on any atom is -0.459 e. The van der Waals surface area contributed by atoms with Crippen molar-refractivity contribution in [2.24, 2.45) is 16.2 Å². The normalized spacial score (nSPS) is 34.7. The summed E-state index contributed by atoms with van der Waals surface area (Å²) in [4.78, 5) is 43.1. The van der Waals surface area contributed by atoms with E-state index in [-0.39, 0.29) is 53.8 Å². The number of benzene rings is 2. The Morgan fingerprint density at radius 3 is 1.92 bits per heavy atom. The van der Waals surface area contributed by atoms with Crippen molar-refractivity contribution in [2.75, 3.05) is 32.8 Å². The molecule has 50 heavy (non-hydrogen) atoms. The molecule has 2 amide bonds. The van der Waals surface area contributed by atoms with Crippen molar-refractivity contribution in [3.05, 3.63) is 71.8 Å². The van der Waals surface area contributed by atoms with E-state index in [0.29, 0.717) is 25.6 Å². The molecule has 6 fully saturated rings. The number of carbonyl (C=O) groups excluding carboxylic acids is 3. The molecule has 0 aromatic heterocycles. The molecule has 2 aromatic rings. The lowest BCUT2D eigenvalue weighted by Gasteiger charge is -2.33. The predicted octanol–water partition coefficient (Wildman–Crippen LogP) is 5.82. The van der Waals surface area contributed by atoms with Crippen molar-refractivity contribution in [1.82, 2.24) is 15.1 Å². The molecule has 1 N–H and O–H groups in total. The molecule has 10 nitrogen and oxygen atoms in total. The Hall–Kier alpha value is -3.47. The summed E-state index contributed by atoms with van der Waals surface area (Å²) < 4.78 is 23.0. The van der Waals surface area contributed by atoms with Gasteiger partial charge in [0.1, 0.15) is 16.6 Å². The third-order valence-electron chi connectivity index (χ3n) is 11.9. The number of ether oxygens (including phenoxy) is 4. The van der Waals surface area contributed by atoms with E-state index in [4.69, 9.17) is 18.9 Å². The zero-order valence-electron chi connectivity index (χ0n) is 30.8. The number of hydrogen-bond donors (Lipinski definition) is 1. The molecule has 8 atom stereocenters. The van der Waals surface area contributed by atoms with Gasteiger partial charge in [0.05, 0.1) is 42.4 Å². The van der Waals surface area contributed by atoms with Crippen LogP contribution in [0.1, 0.15) is 91.4 Å². The summed E-state index contributed by atoms with van der Waals surface area (Å²) in [5.41, 5.74) is -0.554. The molecule has 6 aliphatic rings. The highest BCUT2D eigenvalue weighted by Gasteiger charge is 2.84. The molecule has 4 heterocycles. The van der Waals surface area contributed by atoms with Crippen LogP contribution in [0.15, 0.2) is 60.7 Å².